The van der Waals surface area contributed by atoms with Crippen molar-refractivity contribution in [2.75, 3.05) is 13.1 Å². The number of carbonyl (C=O) groups is 1. The molecule has 4 heteroatoms. The summed E-state index contributed by atoms with van der Waals surface area (Å²) in [4.78, 5) is 16.8. The van der Waals surface area contributed by atoms with Crippen molar-refractivity contribution in [3.8, 4) is 0 Å². The van der Waals surface area contributed by atoms with Gasteiger partial charge in [0.05, 0.1) is 5.54 Å². The fraction of sp³-hybridized carbons (Fsp3) is 0.400. The monoisotopic (exact) mass is 323 g/mol. The van der Waals surface area contributed by atoms with E-state index < -0.39 is 5.54 Å². The third-order valence-electron chi connectivity index (χ3n) is 4.79. The molecule has 126 valence electrons. The topological polar surface area (TPSA) is 54.0 Å². The van der Waals surface area contributed by atoms with Crippen LogP contribution in [0.1, 0.15) is 54.1 Å². The van der Waals surface area contributed by atoms with Gasteiger partial charge in [0.2, 0.25) is 0 Å². The predicted molar refractivity (Wildman–Crippen MR) is 96.0 cm³/mol. The first kappa shape index (κ1) is 16.7. The van der Waals surface area contributed by atoms with Crippen LogP contribution < -0.4 is 10.6 Å². The molecule has 1 aromatic carbocycles. The molecule has 0 radical (unpaired) electrons. The second-order valence-electron chi connectivity index (χ2n) is 6.96. The summed E-state index contributed by atoms with van der Waals surface area (Å²) < 4.78 is 0. The van der Waals surface area contributed by atoms with E-state index in [2.05, 4.69) is 21.7 Å². The molecule has 4 nitrogen and oxygen atoms in total. The second kappa shape index (κ2) is 7.14. The molecule has 0 unspecified atom stereocenters. The fourth-order valence-electron chi connectivity index (χ4n) is 3.29. The van der Waals surface area contributed by atoms with E-state index in [1.165, 1.54) is 5.56 Å². The molecule has 1 aliphatic heterocycles. The molecule has 1 aromatic heterocycles. The lowest BCUT2D eigenvalue weighted by Crippen LogP contribution is -2.41. The van der Waals surface area contributed by atoms with Gasteiger partial charge in [-0.05, 0) is 81.1 Å². The van der Waals surface area contributed by atoms with Gasteiger partial charge in [-0.1, -0.05) is 12.1 Å². The van der Waals surface area contributed by atoms with Crippen molar-refractivity contribution in [3.63, 3.8) is 0 Å². The van der Waals surface area contributed by atoms with Gasteiger partial charge in [0.1, 0.15) is 0 Å². The molecule has 0 atom stereocenters. The Balaban J connectivity index is 1.75. The Labute approximate surface area is 143 Å². The van der Waals surface area contributed by atoms with Gasteiger partial charge >= 0.3 is 0 Å². The first-order valence-corrected chi connectivity index (χ1v) is 8.60. The van der Waals surface area contributed by atoms with E-state index in [0.717, 1.165) is 37.1 Å². The van der Waals surface area contributed by atoms with Gasteiger partial charge in [-0.25, -0.2) is 0 Å². The smallest absolute Gasteiger partial charge is 0.251 e. The SMILES string of the molecule is CC(C)(NC(=O)c1cccc(C2CCNCC2)c1)c1ccncc1. The molecule has 1 fully saturated rings. The van der Waals surface area contributed by atoms with Crippen molar-refractivity contribution in [2.45, 2.75) is 38.1 Å². The van der Waals surface area contributed by atoms with Gasteiger partial charge < -0.3 is 10.6 Å². The van der Waals surface area contributed by atoms with Gasteiger partial charge in [-0.15, -0.1) is 0 Å². The van der Waals surface area contributed by atoms with Crippen molar-refractivity contribution >= 4 is 5.91 Å². The zero-order valence-corrected chi connectivity index (χ0v) is 14.4. The number of nitrogens with zero attached hydrogens (tertiary/aromatic N) is 1. The standard InChI is InChI=1S/C20H25N3O/c1-20(2,18-8-12-22-13-9-18)23-19(24)17-5-3-4-16(14-17)15-6-10-21-11-7-15/h3-5,8-9,12-15,21H,6-7,10-11H2,1-2H3,(H,23,24). The summed E-state index contributed by atoms with van der Waals surface area (Å²) in [5, 5.41) is 6.53. The minimum atomic E-state index is -0.440. The third-order valence-corrected chi connectivity index (χ3v) is 4.79. The summed E-state index contributed by atoms with van der Waals surface area (Å²) in [6.07, 6.45) is 5.77. The molecular weight excluding hydrogens is 298 g/mol. The molecule has 2 aromatic rings. The lowest BCUT2D eigenvalue weighted by atomic mass is 9.89. The Hall–Kier alpha value is -2.20. The molecule has 1 aliphatic rings. The normalized spacial score (nSPS) is 15.9. The van der Waals surface area contributed by atoms with Crippen molar-refractivity contribution in [3.05, 3.63) is 65.5 Å². The van der Waals surface area contributed by atoms with Crippen LogP contribution in [0.2, 0.25) is 0 Å². The van der Waals surface area contributed by atoms with Crippen LogP contribution in [0, 0.1) is 0 Å². The van der Waals surface area contributed by atoms with Crippen molar-refractivity contribution in [1.82, 2.24) is 15.6 Å². The number of piperidine rings is 1. The summed E-state index contributed by atoms with van der Waals surface area (Å²) in [6.45, 7) is 6.13. The molecule has 2 heterocycles. The molecule has 3 rings (SSSR count). The predicted octanol–water partition coefficient (Wildman–Crippen LogP) is 3.21. The first-order valence-electron chi connectivity index (χ1n) is 8.60. The average Bonchev–Trinajstić information content (AvgIpc) is 2.63. The maximum atomic E-state index is 12.7. The van der Waals surface area contributed by atoms with Gasteiger partial charge in [-0.2, -0.15) is 0 Å². The maximum absolute atomic E-state index is 12.7. The highest BCUT2D eigenvalue weighted by Crippen LogP contribution is 2.26. The number of carbonyl (C=O) groups excluding carboxylic acids is 1. The molecule has 1 amide bonds. The van der Waals surface area contributed by atoms with E-state index in [9.17, 15) is 4.79 Å². The van der Waals surface area contributed by atoms with Crippen molar-refractivity contribution < 1.29 is 4.79 Å². The summed E-state index contributed by atoms with van der Waals surface area (Å²) in [5.74, 6) is 0.514. The third kappa shape index (κ3) is 3.82. The van der Waals surface area contributed by atoms with Gasteiger partial charge in [0, 0.05) is 18.0 Å². The highest BCUT2D eigenvalue weighted by atomic mass is 16.1. The van der Waals surface area contributed by atoms with Crippen LogP contribution in [0.15, 0.2) is 48.8 Å². The number of pyridine rings is 1. The Bertz CT molecular complexity index is 691. The fourth-order valence-corrected chi connectivity index (χ4v) is 3.29. The second-order valence-corrected chi connectivity index (χ2v) is 6.96. The van der Waals surface area contributed by atoms with Crippen LogP contribution >= 0.6 is 0 Å². The lowest BCUT2D eigenvalue weighted by Gasteiger charge is -2.27. The number of hydrogen-bond donors (Lipinski definition) is 2. The number of nitrogens with one attached hydrogen (secondary N) is 2. The van der Waals surface area contributed by atoms with Crippen LogP contribution in [0.4, 0.5) is 0 Å². The number of amides is 1. The zero-order chi connectivity index (χ0) is 17.0. The number of aromatic nitrogens is 1. The van der Waals surface area contributed by atoms with Gasteiger partial charge in [0.25, 0.3) is 5.91 Å². The molecule has 0 aliphatic carbocycles. The number of rotatable bonds is 4. The molecule has 24 heavy (non-hydrogen) atoms. The van der Waals surface area contributed by atoms with Crippen molar-refractivity contribution in [1.29, 1.82) is 0 Å². The minimum Gasteiger partial charge on any atom is -0.343 e. The zero-order valence-electron chi connectivity index (χ0n) is 14.4. The van der Waals surface area contributed by atoms with Crippen LogP contribution in [0.5, 0.6) is 0 Å². The highest BCUT2D eigenvalue weighted by Gasteiger charge is 2.24. The van der Waals surface area contributed by atoms with Gasteiger partial charge in [-0.3, -0.25) is 9.78 Å². The summed E-state index contributed by atoms with van der Waals surface area (Å²) in [7, 11) is 0. The molecular formula is C20H25N3O. The Morgan fingerprint density at radius 1 is 1.17 bits per heavy atom. The van der Waals surface area contributed by atoms with Crippen LogP contribution in [0.3, 0.4) is 0 Å². The molecule has 0 bridgehead atoms. The molecule has 0 spiro atoms. The quantitative estimate of drug-likeness (QED) is 0.908. The summed E-state index contributed by atoms with van der Waals surface area (Å²) in [5.41, 5.74) is 2.60. The lowest BCUT2D eigenvalue weighted by molar-refractivity contribution is 0.0912. The molecule has 0 saturated carbocycles. The van der Waals surface area contributed by atoms with E-state index in [-0.39, 0.29) is 5.91 Å². The van der Waals surface area contributed by atoms with E-state index in [4.69, 9.17) is 0 Å². The van der Waals surface area contributed by atoms with E-state index >= 15 is 0 Å². The number of benzene rings is 1. The highest BCUT2D eigenvalue weighted by molar-refractivity contribution is 5.94. The Kier molecular flexibility index (Phi) is 4.95. The summed E-state index contributed by atoms with van der Waals surface area (Å²) >= 11 is 0. The largest absolute Gasteiger partial charge is 0.343 e. The van der Waals surface area contributed by atoms with E-state index in [1.807, 2.05) is 44.2 Å². The van der Waals surface area contributed by atoms with Crippen LogP contribution in [0.25, 0.3) is 0 Å². The summed E-state index contributed by atoms with van der Waals surface area (Å²) in [6, 6.07) is 11.9. The van der Waals surface area contributed by atoms with Gasteiger partial charge in [0.15, 0.2) is 0 Å². The Morgan fingerprint density at radius 2 is 1.88 bits per heavy atom. The van der Waals surface area contributed by atoms with Crippen molar-refractivity contribution in [2.24, 2.45) is 0 Å². The Morgan fingerprint density at radius 3 is 2.58 bits per heavy atom. The van der Waals surface area contributed by atoms with Crippen LogP contribution in [-0.4, -0.2) is 24.0 Å². The van der Waals surface area contributed by atoms with E-state index in [1.54, 1.807) is 12.4 Å². The number of hydrogen-bond acceptors (Lipinski definition) is 3. The molecule has 1 saturated heterocycles. The minimum absolute atomic E-state index is 0.0346. The maximum Gasteiger partial charge on any atom is 0.251 e. The van der Waals surface area contributed by atoms with E-state index in [0.29, 0.717) is 5.92 Å². The average molecular weight is 323 g/mol. The first-order chi connectivity index (χ1) is 11.6. The molecule has 2 N–H and O–H groups in total. The van der Waals surface area contributed by atoms with Crippen LogP contribution in [-0.2, 0) is 5.54 Å².